The number of carbonyl (C=O) groups excluding carboxylic acids is 1. The third kappa shape index (κ3) is 5.54. The van der Waals surface area contributed by atoms with Crippen LogP contribution in [0.25, 0.3) is 0 Å². The average Bonchev–Trinajstić information content (AvgIpc) is 2.92. The Morgan fingerprint density at radius 2 is 1.62 bits per heavy atom. The molecule has 3 aromatic carbocycles. The summed E-state index contributed by atoms with van der Waals surface area (Å²) in [6, 6.07) is 25.5. The molecule has 6 nitrogen and oxygen atoms in total. The molecule has 0 bridgehead atoms. The highest BCUT2D eigenvalue weighted by molar-refractivity contribution is 5.89. The number of nitrogens with one attached hydrogen (secondary N) is 1. The Kier molecular flexibility index (Phi) is 7.55. The lowest BCUT2D eigenvalue weighted by Crippen LogP contribution is -2.67. The first-order valence-electron chi connectivity index (χ1n) is 12.5. The van der Waals surface area contributed by atoms with Gasteiger partial charge in [0.25, 0.3) is 0 Å². The van der Waals surface area contributed by atoms with Crippen LogP contribution in [0.4, 0.5) is 10.5 Å². The van der Waals surface area contributed by atoms with Crippen molar-refractivity contribution in [2.24, 2.45) is 0 Å². The number of aliphatic hydroxyl groups is 1. The molecule has 2 heterocycles. The maximum atomic E-state index is 13.2. The quantitative estimate of drug-likeness (QED) is 0.420. The molecule has 1 saturated heterocycles. The van der Waals surface area contributed by atoms with Crippen molar-refractivity contribution >= 4 is 11.7 Å². The van der Waals surface area contributed by atoms with Crippen LogP contribution in [0.2, 0.25) is 0 Å². The Labute approximate surface area is 218 Å². The van der Waals surface area contributed by atoms with Crippen LogP contribution >= 0.6 is 0 Å². The van der Waals surface area contributed by atoms with E-state index in [4.69, 9.17) is 4.74 Å². The van der Waals surface area contributed by atoms with Crippen molar-refractivity contribution in [3.8, 4) is 17.6 Å². The molecular weight excluding hydrogens is 462 g/mol. The summed E-state index contributed by atoms with van der Waals surface area (Å²) >= 11 is 0. The minimum Gasteiger partial charge on any atom is -0.497 e. The Morgan fingerprint density at radius 3 is 2.30 bits per heavy atom. The normalized spacial score (nSPS) is 21.8. The van der Waals surface area contributed by atoms with Gasteiger partial charge in [-0.3, -0.25) is 4.90 Å². The predicted octanol–water partition coefficient (Wildman–Crippen LogP) is 4.33. The Hall–Kier alpha value is -4.05. The maximum absolute atomic E-state index is 13.2. The highest BCUT2D eigenvalue weighted by atomic mass is 16.5. The number of ether oxygens (including phenoxy) is 1. The molecule has 0 spiro atoms. The lowest BCUT2D eigenvalue weighted by atomic mass is 9.74. The molecule has 2 aliphatic heterocycles. The van der Waals surface area contributed by atoms with Crippen molar-refractivity contribution in [2.45, 2.75) is 18.0 Å². The van der Waals surface area contributed by atoms with Crippen molar-refractivity contribution in [1.82, 2.24) is 9.80 Å². The van der Waals surface area contributed by atoms with Crippen molar-refractivity contribution in [2.75, 3.05) is 38.7 Å². The van der Waals surface area contributed by atoms with Crippen molar-refractivity contribution in [3.05, 3.63) is 108 Å². The van der Waals surface area contributed by atoms with Crippen LogP contribution in [-0.2, 0) is 0 Å². The molecule has 0 unspecified atom stereocenters. The second-order valence-electron chi connectivity index (χ2n) is 9.31. The number of anilines is 1. The number of hydrogen-bond donors (Lipinski definition) is 2. The second-order valence-corrected chi connectivity index (χ2v) is 9.31. The number of aliphatic hydroxyl groups excluding tert-OH is 1. The Morgan fingerprint density at radius 1 is 0.946 bits per heavy atom. The molecule has 3 aromatic rings. The largest absolute Gasteiger partial charge is 0.497 e. The summed E-state index contributed by atoms with van der Waals surface area (Å²) in [4.78, 5) is 17.3. The van der Waals surface area contributed by atoms with Gasteiger partial charge in [-0.05, 0) is 54.1 Å². The molecule has 3 atom stereocenters. The summed E-state index contributed by atoms with van der Waals surface area (Å²) in [5, 5.41) is 13.2. The van der Waals surface area contributed by atoms with Crippen molar-refractivity contribution < 1.29 is 14.6 Å². The monoisotopic (exact) mass is 493 g/mol. The standard InChI is InChI=1S/C31H31N3O3/c1-37-27-17-15-26(16-18-27)32-31(36)33-19-5-6-20-34-28(21-33)30(29(34)22-35)25-13-11-24(12-14-25)10-9-23-7-3-2-4-8-23/h2-8,11-18,28-30,35H,19-22H2,1H3,(H,32,36)/b6-5-/t28-,29+,30+/m0/s1. The fraction of sp³-hybridized carbons (Fsp3) is 0.258. The molecule has 5 rings (SSSR count). The zero-order valence-electron chi connectivity index (χ0n) is 20.9. The van der Waals surface area contributed by atoms with Crippen molar-refractivity contribution in [3.63, 3.8) is 0 Å². The first kappa shape index (κ1) is 24.6. The minimum absolute atomic E-state index is 0.0144. The molecule has 6 heteroatoms. The molecule has 0 radical (unpaired) electrons. The maximum Gasteiger partial charge on any atom is 0.322 e. The summed E-state index contributed by atoms with van der Waals surface area (Å²) in [5.74, 6) is 7.30. The number of fused-ring (bicyclic) bond motifs is 1. The summed E-state index contributed by atoms with van der Waals surface area (Å²) in [5.41, 5.74) is 3.81. The smallest absolute Gasteiger partial charge is 0.322 e. The number of methoxy groups -OCH3 is 1. The van der Waals surface area contributed by atoms with E-state index < -0.39 is 0 Å². The van der Waals surface area contributed by atoms with Crippen molar-refractivity contribution in [1.29, 1.82) is 0 Å². The topological polar surface area (TPSA) is 65.0 Å². The van der Waals surface area contributed by atoms with Gasteiger partial charge in [-0.15, -0.1) is 0 Å². The summed E-state index contributed by atoms with van der Waals surface area (Å²) < 4.78 is 5.20. The van der Waals surface area contributed by atoms with Gasteiger partial charge in [0, 0.05) is 54.5 Å². The lowest BCUT2D eigenvalue weighted by molar-refractivity contribution is -0.0443. The third-order valence-electron chi connectivity index (χ3n) is 7.13. The fourth-order valence-electron chi connectivity index (χ4n) is 5.16. The molecule has 1 fully saturated rings. The minimum atomic E-state index is -0.144. The number of hydrogen-bond acceptors (Lipinski definition) is 4. The van der Waals surface area contributed by atoms with E-state index in [0.29, 0.717) is 13.1 Å². The van der Waals surface area contributed by atoms with Gasteiger partial charge in [0.15, 0.2) is 0 Å². The molecule has 188 valence electrons. The van der Waals surface area contributed by atoms with Gasteiger partial charge in [0.2, 0.25) is 0 Å². The zero-order chi connectivity index (χ0) is 25.6. The summed E-state index contributed by atoms with van der Waals surface area (Å²) in [6.45, 7) is 1.95. The molecule has 0 aliphatic carbocycles. The molecular formula is C31H31N3O3. The average molecular weight is 494 g/mol. The first-order valence-corrected chi connectivity index (χ1v) is 12.5. The third-order valence-corrected chi connectivity index (χ3v) is 7.13. The molecule has 2 N–H and O–H groups in total. The lowest BCUT2D eigenvalue weighted by Gasteiger charge is -2.56. The summed E-state index contributed by atoms with van der Waals surface area (Å²) in [6.07, 6.45) is 4.10. The van der Waals surface area contributed by atoms with E-state index >= 15 is 0 Å². The number of rotatable bonds is 4. The van der Waals surface area contributed by atoms with Gasteiger partial charge < -0.3 is 20.1 Å². The van der Waals surface area contributed by atoms with E-state index in [1.807, 2.05) is 77.7 Å². The van der Waals surface area contributed by atoms with Crippen LogP contribution in [0.1, 0.15) is 22.6 Å². The fourth-order valence-corrected chi connectivity index (χ4v) is 5.16. The number of nitrogens with zero attached hydrogens (tertiary/aromatic N) is 2. The van der Waals surface area contributed by atoms with E-state index in [2.05, 4.69) is 40.3 Å². The SMILES string of the molecule is COc1ccc(NC(=O)N2C/C=C\CN3[C@H](CO)[C@H](c4ccc(C#Cc5ccccc5)cc4)[C@@H]3C2)cc1. The van der Waals surface area contributed by atoms with E-state index in [1.165, 1.54) is 0 Å². The van der Waals surface area contributed by atoms with E-state index in [0.717, 1.165) is 34.7 Å². The number of urea groups is 1. The summed E-state index contributed by atoms with van der Waals surface area (Å²) in [7, 11) is 1.62. The number of amides is 2. The Bertz CT molecular complexity index is 1290. The Balaban J connectivity index is 1.31. The molecule has 2 aliphatic rings. The zero-order valence-corrected chi connectivity index (χ0v) is 20.9. The van der Waals surface area contributed by atoms with Crippen LogP contribution in [0, 0.1) is 11.8 Å². The second kappa shape index (κ2) is 11.3. The molecule has 37 heavy (non-hydrogen) atoms. The van der Waals surface area contributed by atoms with E-state index in [1.54, 1.807) is 7.11 Å². The highest BCUT2D eigenvalue weighted by Gasteiger charge is 2.49. The van der Waals surface area contributed by atoms with Gasteiger partial charge in [0.05, 0.1) is 13.7 Å². The van der Waals surface area contributed by atoms with Gasteiger partial charge >= 0.3 is 6.03 Å². The first-order chi connectivity index (χ1) is 18.2. The van der Waals surface area contributed by atoms with Gasteiger partial charge in [-0.1, -0.05) is 54.3 Å². The van der Waals surface area contributed by atoms with Gasteiger partial charge in [0.1, 0.15) is 5.75 Å². The van der Waals surface area contributed by atoms with Crippen LogP contribution in [-0.4, -0.2) is 66.4 Å². The molecule has 2 amide bonds. The van der Waals surface area contributed by atoms with E-state index in [-0.39, 0.29) is 30.6 Å². The number of carbonyl (C=O) groups is 1. The molecule has 0 aromatic heterocycles. The molecule has 0 saturated carbocycles. The van der Waals surface area contributed by atoms with Crippen LogP contribution in [0.3, 0.4) is 0 Å². The highest BCUT2D eigenvalue weighted by Crippen LogP contribution is 2.41. The predicted molar refractivity (Wildman–Crippen MR) is 146 cm³/mol. The van der Waals surface area contributed by atoms with Crippen LogP contribution in [0.5, 0.6) is 5.75 Å². The van der Waals surface area contributed by atoms with Crippen LogP contribution < -0.4 is 10.1 Å². The van der Waals surface area contributed by atoms with Gasteiger partial charge in [-0.2, -0.15) is 0 Å². The number of benzene rings is 3. The van der Waals surface area contributed by atoms with Gasteiger partial charge in [-0.25, -0.2) is 4.79 Å². The van der Waals surface area contributed by atoms with E-state index in [9.17, 15) is 9.90 Å². The van der Waals surface area contributed by atoms with Crippen LogP contribution in [0.15, 0.2) is 91.0 Å².